The van der Waals surface area contributed by atoms with Gasteiger partial charge in [-0.1, -0.05) is 24.2 Å². The Balaban J connectivity index is 1.74. The second kappa shape index (κ2) is 9.99. The minimum atomic E-state index is -1.07. The monoisotopic (exact) mass is 439 g/mol. The van der Waals surface area contributed by atoms with Crippen molar-refractivity contribution in [2.75, 3.05) is 0 Å². The van der Waals surface area contributed by atoms with Gasteiger partial charge in [0.25, 0.3) is 0 Å². The van der Waals surface area contributed by atoms with Gasteiger partial charge in [-0.2, -0.15) is 0 Å². The van der Waals surface area contributed by atoms with Crippen LogP contribution >= 0.6 is 11.8 Å². The zero-order valence-corrected chi connectivity index (χ0v) is 17.8. The fourth-order valence-electron chi connectivity index (χ4n) is 2.93. The minimum absolute atomic E-state index is 0.0444. The second-order valence-electron chi connectivity index (χ2n) is 6.62. The molecule has 0 atom stereocenters. The molecule has 1 heterocycles. The van der Waals surface area contributed by atoms with Gasteiger partial charge >= 0.3 is 5.97 Å². The number of carbonyl (C=O) groups is 2. The fourth-order valence-corrected chi connectivity index (χ4v) is 3.79. The molecule has 0 saturated heterocycles. The van der Waals surface area contributed by atoms with E-state index in [4.69, 9.17) is 9.57 Å². The minimum Gasteiger partial charge on any atom is -0.507 e. The van der Waals surface area contributed by atoms with Crippen molar-refractivity contribution in [2.24, 2.45) is 5.16 Å². The standard InChI is InChI=1S/C23H21NO6S/c1-3-18-20(8-7-19(14(2)25)22(18)26)29-13-15-5-4-6-17(11-15)31-21-12-16(23(27)28)9-10-24-30-21/h4-12,26H,3,13H2,1-2H3,(H,27,28). The van der Waals surface area contributed by atoms with Crippen molar-refractivity contribution in [3.8, 4) is 11.5 Å². The van der Waals surface area contributed by atoms with Gasteiger partial charge in [-0.25, -0.2) is 4.79 Å². The van der Waals surface area contributed by atoms with Gasteiger partial charge in [-0.05, 0) is 61.0 Å². The van der Waals surface area contributed by atoms with Gasteiger partial charge < -0.3 is 19.8 Å². The number of carboxylic acids is 1. The van der Waals surface area contributed by atoms with Gasteiger partial charge in [-0.15, -0.1) is 0 Å². The number of phenols is 1. The Hall–Kier alpha value is -3.52. The highest BCUT2D eigenvalue weighted by atomic mass is 32.2. The number of hydrogen-bond acceptors (Lipinski definition) is 7. The molecule has 0 saturated carbocycles. The second-order valence-corrected chi connectivity index (χ2v) is 7.70. The summed E-state index contributed by atoms with van der Waals surface area (Å²) in [4.78, 5) is 28.9. The van der Waals surface area contributed by atoms with Crippen molar-refractivity contribution in [2.45, 2.75) is 31.8 Å². The van der Waals surface area contributed by atoms with Gasteiger partial charge in [0.1, 0.15) is 18.1 Å². The van der Waals surface area contributed by atoms with Crippen LogP contribution in [0.5, 0.6) is 11.5 Å². The fraction of sp³-hybridized carbons (Fsp3) is 0.174. The van der Waals surface area contributed by atoms with E-state index in [2.05, 4.69) is 5.16 Å². The summed E-state index contributed by atoms with van der Waals surface area (Å²) in [5.74, 6) is -0.799. The Morgan fingerprint density at radius 2 is 2.03 bits per heavy atom. The quantitative estimate of drug-likeness (QED) is 0.575. The Bertz CT molecular complexity index is 1100. The zero-order chi connectivity index (χ0) is 22.4. The summed E-state index contributed by atoms with van der Waals surface area (Å²) in [6, 6.07) is 10.7. The predicted octanol–water partition coefficient (Wildman–Crippen LogP) is 4.70. The largest absolute Gasteiger partial charge is 0.507 e. The van der Waals surface area contributed by atoms with E-state index in [1.807, 2.05) is 31.2 Å². The number of aliphatic carboxylic acids is 1. The number of ether oxygens (including phenoxy) is 1. The molecule has 2 N–H and O–H groups in total. The van der Waals surface area contributed by atoms with Crippen LogP contribution in [0.1, 0.15) is 35.3 Å². The van der Waals surface area contributed by atoms with Crippen LogP contribution < -0.4 is 4.74 Å². The lowest BCUT2D eigenvalue weighted by atomic mass is 10.0. The first kappa shape index (κ1) is 22.2. The van der Waals surface area contributed by atoms with Crippen LogP contribution in [-0.2, 0) is 22.7 Å². The first-order chi connectivity index (χ1) is 14.9. The lowest BCUT2D eigenvalue weighted by Gasteiger charge is -2.14. The number of aromatic hydroxyl groups is 1. The summed E-state index contributed by atoms with van der Waals surface area (Å²) in [6.07, 6.45) is 4.58. The molecule has 0 aliphatic carbocycles. The van der Waals surface area contributed by atoms with Crippen molar-refractivity contribution in [1.82, 2.24) is 0 Å². The summed E-state index contributed by atoms with van der Waals surface area (Å²) in [5, 5.41) is 23.6. The molecule has 8 heteroatoms. The summed E-state index contributed by atoms with van der Waals surface area (Å²) in [6.45, 7) is 3.54. The van der Waals surface area contributed by atoms with Gasteiger partial charge in [0, 0.05) is 16.5 Å². The maximum atomic E-state index is 11.6. The number of thioether (sulfide) groups is 1. The third kappa shape index (κ3) is 5.55. The van der Waals surface area contributed by atoms with Crippen LogP contribution in [-0.4, -0.2) is 28.2 Å². The van der Waals surface area contributed by atoms with Crippen molar-refractivity contribution >= 4 is 29.7 Å². The molecule has 0 fully saturated rings. The van der Waals surface area contributed by atoms with Crippen molar-refractivity contribution in [1.29, 1.82) is 0 Å². The highest BCUT2D eigenvalue weighted by Crippen LogP contribution is 2.33. The third-order valence-corrected chi connectivity index (χ3v) is 5.34. The molecule has 1 aliphatic heterocycles. The van der Waals surface area contributed by atoms with Crippen LogP contribution in [0.3, 0.4) is 0 Å². The number of phenolic OH excluding ortho intramolecular Hbond substituents is 1. The SMILES string of the molecule is CCc1c(OCc2cccc(SC3=CC(C(=O)O)=CC=NO3)c2)ccc(C(C)=O)c1O. The molecular weight excluding hydrogens is 418 g/mol. The molecule has 0 amide bonds. The normalized spacial score (nSPS) is 13.0. The van der Waals surface area contributed by atoms with Crippen LogP contribution in [0, 0.1) is 0 Å². The number of carboxylic acid groups (broad SMARTS) is 1. The number of carbonyl (C=O) groups excluding carboxylic acids is 1. The molecular formula is C23H21NO6S. The van der Waals surface area contributed by atoms with Crippen molar-refractivity contribution < 1.29 is 29.4 Å². The van der Waals surface area contributed by atoms with Crippen LogP contribution in [0.25, 0.3) is 0 Å². The topological polar surface area (TPSA) is 105 Å². The van der Waals surface area contributed by atoms with Gasteiger partial charge in [0.15, 0.2) is 10.9 Å². The van der Waals surface area contributed by atoms with E-state index < -0.39 is 5.97 Å². The van der Waals surface area contributed by atoms with E-state index in [1.165, 1.54) is 37.1 Å². The number of hydrogen-bond donors (Lipinski definition) is 2. The van der Waals surface area contributed by atoms with Crippen LogP contribution in [0.15, 0.2) is 69.3 Å². The van der Waals surface area contributed by atoms with E-state index >= 15 is 0 Å². The molecule has 0 radical (unpaired) electrons. The van der Waals surface area contributed by atoms with E-state index in [9.17, 15) is 19.8 Å². The molecule has 3 rings (SSSR count). The third-order valence-electron chi connectivity index (χ3n) is 4.46. The molecule has 0 unspecified atom stereocenters. The average Bonchev–Trinajstić information content (AvgIpc) is 2.98. The Labute approximate surface area is 183 Å². The number of nitrogens with zero attached hydrogens (tertiary/aromatic N) is 1. The van der Waals surface area contributed by atoms with Crippen LogP contribution in [0.2, 0.25) is 0 Å². The van der Waals surface area contributed by atoms with E-state index in [1.54, 1.807) is 12.1 Å². The first-order valence-electron chi connectivity index (χ1n) is 9.50. The summed E-state index contributed by atoms with van der Waals surface area (Å²) >= 11 is 1.24. The summed E-state index contributed by atoms with van der Waals surface area (Å²) < 4.78 is 5.91. The number of Topliss-reactive ketones (excluding diaryl/α,β-unsaturated/α-hetero) is 1. The van der Waals surface area contributed by atoms with Crippen molar-refractivity contribution in [3.05, 3.63) is 75.9 Å². The van der Waals surface area contributed by atoms with Crippen molar-refractivity contribution in [3.63, 3.8) is 0 Å². The molecule has 31 heavy (non-hydrogen) atoms. The summed E-state index contributed by atoms with van der Waals surface area (Å²) in [5.41, 5.74) is 1.80. The van der Waals surface area contributed by atoms with Crippen LogP contribution in [0.4, 0.5) is 0 Å². The highest BCUT2D eigenvalue weighted by molar-refractivity contribution is 8.02. The molecule has 0 bridgehead atoms. The smallest absolute Gasteiger partial charge is 0.335 e. The predicted molar refractivity (Wildman–Crippen MR) is 117 cm³/mol. The van der Waals surface area contributed by atoms with Gasteiger partial charge in [-0.3, -0.25) is 4.79 Å². The number of rotatable bonds is 8. The average molecular weight is 439 g/mol. The van der Waals surface area contributed by atoms with Gasteiger partial charge in [0.05, 0.1) is 17.4 Å². The highest BCUT2D eigenvalue weighted by Gasteiger charge is 2.16. The molecule has 0 aromatic heterocycles. The molecule has 2 aromatic rings. The molecule has 160 valence electrons. The lowest BCUT2D eigenvalue weighted by Crippen LogP contribution is -2.02. The van der Waals surface area contributed by atoms with E-state index in [0.29, 0.717) is 22.8 Å². The Morgan fingerprint density at radius 1 is 1.23 bits per heavy atom. The summed E-state index contributed by atoms with van der Waals surface area (Å²) in [7, 11) is 0. The maximum absolute atomic E-state index is 11.6. The van der Waals surface area contributed by atoms with E-state index in [-0.39, 0.29) is 29.3 Å². The number of allylic oxidation sites excluding steroid dienone is 1. The Kier molecular flexibility index (Phi) is 7.15. The zero-order valence-electron chi connectivity index (χ0n) is 17.0. The first-order valence-corrected chi connectivity index (χ1v) is 10.3. The maximum Gasteiger partial charge on any atom is 0.335 e. The lowest BCUT2D eigenvalue weighted by molar-refractivity contribution is -0.132. The molecule has 0 spiro atoms. The Morgan fingerprint density at radius 3 is 2.74 bits per heavy atom. The number of oxime groups is 1. The van der Waals surface area contributed by atoms with Gasteiger partial charge in [0.2, 0.25) is 0 Å². The number of benzene rings is 2. The number of ketones is 1. The molecule has 7 nitrogen and oxygen atoms in total. The molecule has 1 aliphatic rings. The molecule has 2 aromatic carbocycles. The van der Waals surface area contributed by atoms with E-state index in [0.717, 1.165) is 10.5 Å².